The molecule has 2 aliphatic heterocycles. The second-order valence-electron chi connectivity index (χ2n) is 7.36. The largest absolute Gasteiger partial charge is 0.458 e. The lowest BCUT2D eigenvalue weighted by molar-refractivity contribution is -0.138. The molecule has 0 unspecified atom stereocenters. The highest BCUT2D eigenvalue weighted by atomic mass is 35.5. The van der Waals surface area contributed by atoms with Crippen LogP contribution in [0.3, 0.4) is 0 Å². The summed E-state index contributed by atoms with van der Waals surface area (Å²) >= 11 is 7.98. The first-order valence-corrected chi connectivity index (χ1v) is 11.4. The summed E-state index contributed by atoms with van der Waals surface area (Å²) in [6.07, 6.45) is 2.54. The highest BCUT2D eigenvalue weighted by Gasteiger charge is 2.41. The molecule has 2 aliphatic rings. The van der Waals surface area contributed by atoms with Crippen molar-refractivity contribution in [1.82, 2.24) is 10.2 Å². The summed E-state index contributed by atoms with van der Waals surface area (Å²) in [5.74, 6) is -0.562. The molecule has 0 radical (unpaired) electrons. The normalized spacial score (nSPS) is 18.7. The Bertz CT molecular complexity index is 986. The molecule has 2 atom stereocenters. The van der Waals surface area contributed by atoms with E-state index < -0.39 is 12.0 Å². The Morgan fingerprint density at radius 3 is 2.84 bits per heavy atom. The van der Waals surface area contributed by atoms with E-state index >= 15 is 0 Å². The van der Waals surface area contributed by atoms with Gasteiger partial charge in [-0.05, 0) is 37.3 Å². The van der Waals surface area contributed by atoms with Crippen molar-refractivity contribution in [2.75, 3.05) is 6.61 Å². The molecule has 2 heterocycles. The van der Waals surface area contributed by atoms with Crippen molar-refractivity contribution in [3.8, 4) is 0 Å². The number of esters is 1. The molecule has 1 aromatic carbocycles. The zero-order valence-corrected chi connectivity index (χ0v) is 19.4. The average molecular weight is 460 g/mol. The van der Waals surface area contributed by atoms with Gasteiger partial charge in [0, 0.05) is 16.8 Å². The lowest BCUT2D eigenvalue weighted by Gasteiger charge is -2.36. The number of allylic oxidation sites excluding steroid dienone is 1. The van der Waals surface area contributed by atoms with Gasteiger partial charge in [-0.15, -0.1) is 0 Å². The number of amidine groups is 1. The molecule has 0 aromatic heterocycles. The maximum absolute atomic E-state index is 13.0. The van der Waals surface area contributed by atoms with Crippen molar-refractivity contribution in [2.24, 2.45) is 4.99 Å². The predicted octanol–water partition coefficient (Wildman–Crippen LogP) is 4.95. The Balaban J connectivity index is 2.01. The van der Waals surface area contributed by atoms with Crippen LogP contribution in [-0.2, 0) is 14.3 Å². The van der Waals surface area contributed by atoms with Gasteiger partial charge in [-0.2, -0.15) is 0 Å². The summed E-state index contributed by atoms with van der Waals surface area (Å²) in [6.45, 7) is 9.47. The van der Waals surface area contributed by atoms with Gasteiger partial charge in [0.25, 0.3) is 0 Å². The number of amides is 1. The Hall–Kier alpha value is -2.51. The Morgan fingerprint density at radius 2 is 2.16 bits per heavy atom. The number of nitrogens with one attached hydrogen (secondary N) is 1. The number of halogens is 1. The minimum atomic E-state index is -0.545. The van der Waals surface area contributed by atoms with E-state index in [-0.39, 0.29) is 25.0 Å². The number of hydrogen-bond donors (Lipinski definition) is 1. The first-order chi connectivity index (χ1) is 14.9. The van der Waals surface area contributed by atoms with E-state index in [1.807, 2.05) is 42.4 Å². The SMILES string of the molecule is C=CCOC(=O)C1=C(C)N=C2SC=C(CC(=O)N[C@@H](C)CC)N2[C@@H]1c1ccccc1Cl. The van der Waals surface area contributed by atoms with Crippen LogP contribution in [0.1, 0.15) is 45.2 Å². The molecule has 0 fully saturated rings. The number of carbonyl (C=O) groups excluding carboxylic acids is 2. The highest BCUT2D eigenvalue weighted by Crippen LogP contribution is 2.46. The van der Waals surface area contributed by atoms with Crippen molar-refractivity contribution >= 4 is 40.4 Å². The first kappa shape index (κ1) is 23.2. The van der Waals surface area contributed by atoms with Crippen LogP contribution in [0.2, 0.25) is 5.02 Å². The van der Waals surface area contributed by atoms with Crippen LogP contribution in [0.5, 0.6) is 0 Å². The van der Waals surface area contributed by atoms with Crippen LogP contribution in [0.25, 0.3) is 0 Å². The molecular weight excluding hydrogens is 434 g/mol. The van der Waals surface area contributed by atoms with Gasteiger partial charge in [-0.3, -0.25) is 4.79 Å². The van der Waals surface area contributed by atoms with Crippen molar-refractivity contribution in [2.45, 2.75) is 45.7 Å². The number of ether oxygens (including phenoxy) is 1. The molecule has 31 heavy (non-hydrogen) atoms. The average Bonchev–Trinajstić information content (AvgIpc) is 3.13. The number of carbonyl (C=O) groups is 2. The third kappa shape index (κ3) is 5.05. The van der Waals surface area contributed by atoms with Crippen molar-refractivity contribution < 1.29 is 14.3 Å². The highest BCUT2D eigenvalue weighted by molar-refractivity contribution is 8.16. The van der Waals surface area contributed by atoms with Crippen LogP contribution < -0.4 is 5.32 Å². The summed E-state index contributed by atoms with van der Waals surface area (Å²) in [5, 5.41) is 6.13. The van der Waals surface area contributed by atoms with Crippen molar-refractivity contribution in [1.29, 1.82) is 0 Å². The minimum Gasteiger partial charge on any atom is -0.458 e. The second kappa shape index (κ2) is 10.2. The van der Waals surface area contributed by atoms with Gasteiger partial charge in [0.05, 0.1) is 23.7 Å². The summed E-state index contributed by atoms with van der Waals surface area (Å²) in [5.41, 5.74) is 2.47. The van der Waals surface area contributed by atoms with Gasteiger partial charge in [0.1, 0.15) is 6.61 Å². The lowest BCUT2D eigenvalue weighted by Crippen LogP contribution is -2.39. The monoisotopic (exact) mass is 459 g/mol. The molecule has 8 heteroatoms. The molecule has 0 spiro atoms. The number of fused-ring (bicyclic) bond motifs is 1. The molecule has 3 rings (SSSR count). The van der Waals surface area contributed by atoms with Gasteiger partial charge in [-0.1, -0.05) is 61.1 Å². The number of hydrogen-bond acceptors (Lipinski definition) is 6. The van der Waals surface area contributed by atoms with Crippen LogP contribution >= 0.6 is 23.4 Å². The van der Waals surface area contributed by atoms with Crippen LogP contribution in [0.15, 0.2) is 64.3 Å². The fraction of sp³-hybridized carbons (Fsp3) is 0.348. The zero-order valence-electron chi connectivity index (χ0n) is 17.9. The van der Waals surface area contributed by atoms with E-state index in [9.17, 15) is 9.59 Å². The Labute approximate surface area is 192 Å². The fourth-order valence-electron chi connectivity index (χ4n) is 3.43. The standard InChI is InChI=1S/C23H26ClN3O3S/c1-5-11-30-22(29)20-15(4)26-23-27(21(20)17-9-7-8-10-18(17)24)16(13-31-23)12-19(28)25-14(3)6-2/h5,7-10,13-14,21H,1,6,11-12H2,2-4H3,(H,25,28)/t14-,21+/m0/s1. The predicted molar refractivity (Wildman–Crippen MR) is 126 cm³/mol. The molecule has 1 N–H and O–H groups in total. The van der Waals surface area contributed by atoms with Crippen LogP contribution in [0.4, 0.5) is 0 Å². The third-order valence-corrected chi connectivity index (χ3v) is 6.35. The topological polar surface area (TPSA) is 71.0 Å². The van der Waals surface area contributed by atoms with E-state index in [4.69, 9.17) is 16.3 Å². The molecule has 164 valence electrons. The van der Waals surface area contributed by atoms with Gasteiger partial charge < -0.3 is 15.0 Å². The molecule has 1 aromatic rings. The number of rotatable bonds is 8. The molecule has 6 nitrogen and oxygen atoms in total. The molecule has 1 amide bonds. The van der Waals surface area contributed by atoms with Crippen molar-refractivity contribution in [3.05, 3.63) is 69.9 Å². The second-order valence-corrected chi connectivity index (χ2v) is 8.60. The summed E-state index contributed by atoms with van der Waals surface area (Å²) in [4.78, 5) is 32.1. The van der Waals surface area contributed by atoms with E-state index in [1.54, 1.807) is 13.0 Å². The Kier molecular flexibility index (Phi) is 7.62. The molecular formula is C23H26ClN3O3S. The maximum atomic E-state index is 13.0. The van der Waals surface area contributed by atoms with E-state index in [1.165, 1.54) is 17.8 Å². The van der Waals surface area contributed by atoms with Gasteiger partial charge in [-0.25, -0.2) is 9.79 Å². The molecule has 0 bridgehead atoms. The van der Waals surface area contributed by atoms with E-state index in [0.29, 0.717) is 21.5 Å². The third-order valence-electron chi connectivity index (χ3n) is 5.11. The minimum absolute atomic E-state index is 0.0811. The molecule has 0 saturated carbocycles. The van der Waals surface area contributed by atoms with Gasteiger partial charge >= 0.3 is 5.97 Å². The number of thioether (sulfide) groups is 1. The summed E-state index contributed by atoms with van der Waals surface area (Å²) in [7, 11) is 0. The van der Waals surface area contributed by atoms with Gasteiger partial charge in [0.2, 0.25) is 5.91 Å². The number of nitrogens with zero attached hydrogens (tertiary/aromatic N) is 2. The van der Waals surface area contributed by atoms with Gasteiger partial charge in [0.15, 0.2) is 5.17 Å². The van der Waals surface area contributed by atoms with E-state index in [0.717, 1.165) is 17.7 Å². The Morgan fingerprint density at radius 1 is 1.42 bits per heavy atom. The number of aliphatic imine (C=N–C) groups is 1. The first-order valence-electron chi connectivity index (χ1n) is 10.1. The molecule has 0 aliphatic carbocycles. The van der Waals surface area contributed by atoms with E-state index in [2.05, 4.69) is 16.9 Å². The van der Waals surface area contributed by atoms with Crippen LogP contribution in [0, 0.1) is 0 Å². The van der Waals surface area contributed by atoms with Crippen molar-refractivity contribution in [3.63, 3.8) is 0 Å². The summed E-state index contributed by atoms with van der Waals surface area (Å²) < 4.78 is 5.37. The fourth-order valence-corrected chi connectivity index (χ4v) is 4.63. The zero-order chi connectivity index (χ0) is 22.5. The summed E-state index contributed by atoms with van der Waals surface area (Å²) in [6, 6.07) is 6.91. The quantitative estimate of drug-likeness (QED) is 0.440. The lowest BCUT2D eigenvalue weighted by atomic mass is 9.93. The maximum Gasteiger partial charge on any atom is 0.338 e. The number of benzene rings is 1. The smallest absolute Gasteiger partial charge is 0.338 e. The molecule has 0 saturated heterocycles. The van der Waals surface area contributed by atoms with Crippen LogP contribution in [-0.4, -0.2) is 34.6 Å².